The van der Waals surface area contributed by atoms with Gasteiger partial charge in [-0.3, -0.25) is 0 Å². The van der Waals surface area contributed by atoms with Crippen molar-refractivity contribution in [3.05, 3.63) is 32.2 Å². The Morgan fingerprint density at radius 3 is 2.53 bits per heavy atom. The zero-order valence-electron chi connectivity index (χ0n) is 7.24. The number of carboxylic acid groups (broad SMARTS) is 1. The maximum atomic E-state index is 10.6. The molecule has 0 heterocycles. The first kappa shape index (κ1) is 12.2. The van der Waals surface area contributed by atoms with Gasteiger partial charge >= 0.3 is 5.97 Å². The normalized spacial score (nSPS) is 11.9. The average Bonchev–Trinajstić information content (AvgIpc) is 2.17. The fourth-order valence-electron chi connectivity index (χ4n) is 1.03. The quantitative estimate of drug-likeness (QED) is 0.868. The minimum Gasteiger partial charge on any atom is -0.479 e. The lowest BCUT2D eigenvalue weighted by molar-refractivity contribution is -0.147. The zero-order chi connectivity index (χ0) is 11.6. The number of carboxylic acids is 1. The van der Waals surface area contributed by atoms with Gasteiger partial charge in [-0.15, -0.1) is 0 Å². The van der Waals surface area contributed by atoms with E-state index in [4.69, 9.17) is 10.4 Å². The van der Waals surface area contributed by atoms with Crippen molar-refractivity contribution in [1.82, 2.24) is 0 Å². The van der Waals surface area contributed by atoms with Gasteiger partial charge in [0.1, 0.15) is 6.07 Å². The van der Waals surface area contributed by atoms with E-state index in [2.05, 4.69) is 31.9 Å². The molecule has 0 fully saturated rings. The molecule has 0 bridgehead atoms. The highest BCUT2D eigenvalue weighted by atomic mass is 79.9. The van der Waals surface area contributed by atoms with Crippen LogP contribution in [0.1, 0.15) is 17.2 Å². The van der Waals surface area contributed by atoms with Crippen molar-refractivity contribution in [2.75, 3.05) is 0 Å². The van der Waals surface area contributed by atoms with Gasteiger partial charge in [0.05, 0.1) is 5.56 Å². The van der Waals surface area contributed by atoms with Crippen molar-refractivity contribution in [3.63, 3.8) is 0 Å². The highest BCUT2D eigenvalue weighted by Crippen LogP contribution is 2.33. The van der Waals surface area contributed by atoms with Crippen molar-refractivity contribution in [2.45, 2.75) is 6.10 Å². The largest absolute Gasteiger partial charge is 0.479 e. The van der Waals surface area contributed by atoms with Crippen molar-refractivity contribution in [3.8, 4) is 6.07 Å². The summed E-state index contributed by atoms with van der Waals surface area (Å²) >= 11 is 6.20. The number of halogens is 2. The van der Waals surface area contributed by atoms with Crippen LogP contribution in [-0.4, -0.2) is 16.2 Å². The van der Waals surface area contributed by atoms with Crippen LogP contribution in [0.5, 0.6) is 0 Å². The number of aliphatic hydroxyl groups is 1. The Kier molecular flexibility index (Phi) is 3.85. The molecule has 1 aromatic rings. The Morgan fingerprint density at radius 2 is 2.07 bits per heavy atom. The van der Waals surface area contributed by atoms with Gasteiger partial charge in [0.2, 0.25) is 0 Å². The van der Waals surface area contributed by atoms with Crippen molar-refractivity contribution in [1.29, 1.82) is 5.26 Å². The molecule has 0 aliphatic carbocycles. The molecule has 15 heavy (non-hydrogen) atoms. The van der Waals surface area contributed by atoms with Crippen LogP contribution in [0.4, 0.5) is 0 Å². The van der Waals surface area contributed by atoms with Crippen LogP contribution in [-0.2, 0) is 4.79 Å². The predicted octanol–water partition coefficient (Wildman–Crippen LogP) is 2.20. The lowest BCUT2D eigenvalue weighted by atomic mass is 10.1. The second kappa shape index (κ2) is 4.75. The molecule has 0 amide bonds. The number of rotatable bonds is 2. The van der Waals surface area contributed by atoms with Crippen LogP contribution in [0.25, 0.3) is 0 Å². The van der Waals surface area contributed by atoms with E-state index >= 15 is 0 Å². The third-order valence-corrected chi connectivity index (χ3v) is 3.30. The summed E-state index contributed by atoms with van der Waals surface area (Å²) in [7, 11) is 0. The van der Waals surface area contributed by atoms with E-state index in [-0.39, 0.29) is 15.6 Å². The number of nitrogens with zero attached hydrogens (tertiary/aromatic N) is 1. The van der Waals surface area contributed by atoms with Crippen LogP contribution in [0.3, 0.4) is 0 Å². The van der Waals surface area contributed by atoms with Crippen LogP contribution in [0.15, 0.2) is 21.1 Å². The molecule has 1 aromatic carbocycles. The lowest BCUT2D eigenvalue weighted by Gasteiger charge is -2.11. The summed E-state index contributed by atoms with van der Waals surface area (Å²) in [4.78, 5) is 10.6. The van der Waals surface area contributed by atoms with Gasteiger partial charge in [0, 0.05) is 14.5 Å². The molecular weight excluding hydrogens is 330 g/mol. The highest BCUT2D eigenvalue weighted by molar-refractivity contribution is 9.11. The summed E-state index contributed by atoms with van der Waals surface area (Å²) in [6, 6.07) is 4.92. The fraction of sp³-hybridized carbons (Fsp3) is 0.111. The van der Waals surface area contributed by atoms with Gasteiger partial charge in [-0.25, -0.2) is 4.79 Å². The fourth-order valence-corrected chi connectivity index (χ4v) is 2.49. The monoisotopic (exact) mass is 333 g/mol. The molecule has 0 saturated carbocycles. The van der Waals surface area contributed by atoms with Crippen LogP contribution < -0.4 is 0 Å². The number of nitriles is 1. The van der Waals surface area contributed by atoms with Gasteiger partial charge in [0.25, 0.3) is 0 Å². The van der Waals surface area contributed by atoms with Crippen LogP contribution in [0.2, 0.25) is 0 Å². The summed E-state index contributed by atoms with van der Waals surface area (Å²) in [5.74, 6) is -1.37. The number of aliphatic carboxylic acids is 1. The zero-order valence-corrected chi connectivity index (χ0v) is 10.4. The number of hydrogen-bond acceptors (Lipinski definition) is 3. The molecule has 0 aliphatic rings. The SMILES string of the molecule is N#Cc1ccc(Br)c(C(O)C(=O)O)c1Br. The average molecular weight is 335 g/mol. The maximum absolute atomic E-state index is 10.6. The van der Waals surface area contributed by atoms with Gasteiger partial charge in [-0.05, 0) is 28.1 Å². The standard InChI is InChI=1S/C9H5Br2NO3/c10-5-2-1-4(3-12)7(11)6(5)8(13)9(14)15/h1-2,8,13H,(H,14,15). The van der Waals surface area contributed by atoms with E-state index in [9.17, 15) is 9.90 Å². The number of hydrogen-bond donors (Lipinski definition) is 2. The smallest absolute Gasteiger partial charge is 0.337 e. The van der Waals surface area contributed by atoms with E-state index in [1.54, 1.807) is 0 Å². The van der Waals surface area contributed by atoms with Crippen molar-refractivity contribution >= 4 is 37.8 Å². The first-order chi connectivity index (χ1) is 6.99. The number of benzene rings is 1. The maximum Gasteiger partial charge on any atom is 0.337 e. The number of aliphatic hydroxyl groups excluding tert-OH is 1. The highest BCUT2D eigenvalue weighted by Gasteiger charge is 2.23. The van der Waals surface area contributed by atoms with Gasteiger partial charge in [-0.2, -0.15) is 5.26 Å². The number of carbonyl (C=O) groups is 1. The summed E-state index contributed by atoms with van der Waals surface area (Å²) in [5.41, 5.74) is 0.412. The second-order valence-corrected chi connectivity index (χ2v) is 4.32. The second-order valence-electron chi connectivity index (χ2n) is 2.68. The molecule has 0 spiro atoms. The third-order valence-electron chi connectivity index (χ3n) is 1.75. The molecule has 0 aliphatic heterocycles. The minimum absolute atomic E-state index is 0.140. The van der Waals surface area contributed by atoms with E-state index < -0.39 is 12.1 Å². The third kappa shape index (κ3) is 2.37. The van der Waals surface area contributed by atoms with Crippen molar-refractivity contribution < 1.29 is 15.0 Å². The molecule has 78 valence electrons. The van der Waals surface area contributed by atoms with E-state index in [1.165, 1.54) is 12.1 Å². The summed E-state index contributed by atoms with van der Waals surface area (Å²) < 4.78 is 0.720. The van der Waals surface area contributed by atoms with Gasteiger partial charge in [0.15, 0.2) is 6.10 Å². The molecule has 0 saturated heterocycles. The summed E-state index contributed by atoms with van der Waals surface area (Å²) in [6.45, 7) is 0. The Balaban J connectivity index is 3.40. The molecular formula is C9H5Br2NO3. The minimum atomic E-state index is -1.66. The molecule has 1 unspecified atom stereocenters. The predicted molar refractivity (Wildman–Crippen MR) is 59.2 cm³/mol. The Hall–Kier alpha value is -0.900. The van der Waals surface area contributed by atoms with Crippen LogP contribution >= 0.6 is 31.9 Å². The van der Waals surface area contributed by atoms with E-state index in [0.717, 1.165) is 0 Å². The van der Waals surface area contributed by atoms with E-state index in [0.29, 0.717) is 4.47 Å². The summed E-state index contributed by atoms with van der Waals surface area (Å²) in [6.07, 6.45) is -1.66. The Labute approximate surface area is 102 Å². The lowest BCUT2D eigenvalue weighted by Crippen LogP contribution is -2.12. The molecule has 1 atom stereocenters. The van der Waals surface area contributed by atoms with Gasteiger partial charge in [-0.1, -0.05) is 15.9 Å². The molecule has 4 nitrogen and oxygen atoms in total. The molecule has 0 radical (unpaired) electrons. The Morgan fingerprint density at radius 1 is 1.47 bits per heavy atom. The first-order valence-electron chi connectivity index (χ1n) is 3.78. The molecule has 1 rings (SSSR count). The Bertz CT molecular complexity index is 453. The van der Waals surface area contributed by atoms with Gasteiger partial charge < -0.3 is 10.2 Å². The van der Waals surface area contributed by atoms with E-state index in [1.807, 2.05) is 6.07 Å². The summed E-state index contributed by atoms with van der Waals surface area (Å²) in [5, 5.41) is 26.8. The topological polar surface area (TPSA) is 81.3 Å². The van der Waals surface area contributed by atoms with Crippen LogP contribution in [0, 0.1) is 11.3 Å². The molecule has 2 N–H and O–H groups in total. The molecule has 6 heteroatoms. The van der Waals surface area contributed by atoms with Crippen molar-refractivity contribution in [2.24, 2.45) is 0 Å². The molecule has 0 aromatic heterocycles. The first-order valence-corrected chi connectivity index (χ1v) is 5.36.